The van der Waals surface area contributed by atoms with Gasteiger partial charge in [-0.25, -0.2) is 0 Å². The molecule has 1 aliphatic rings. The predicted molar refractivity (Wildman–Crippen MR) is 63.1 cm³/mol. The van der Waals surface area contributed by atoms with E-state index in [-0.39, 0.29) is 6.10 Å². The summed E-state index contributed by atoms with van der Waals surface area (Å²) in [6.07, 6.45) is 3.95. The minimum atomic E-state index is 0.223. The van der Waals surface area contributed by atoms with Crippen LogP contribution in [0, 0.1) is 6.92 Å². The van der Waals surface area contributed by atoms with Crippen LogP contribution in [0.3, 0.4) is 0 Å². The summed E-state index contributed by atoms with van der Waals surface area (Å²) in [6, 6.07) is 0. The maximum absolute atomic E-state index is 5.90. The summed E-state index contributed by atoms with van der Waals surface area (Å²) in [5.74, 6) is 1.41. The third-order valence-electron chi connectivity index (χ3n) is 2.94. The molecule has 0 bridgehead atoms. The fourth-order valence-electron chi connectivity index (χ4n) is 1.99. The summed E-state index contributed by atoms with van der Waals surface area (Å²) in [6.45, 7) is 2.75. The first-order chi connectivity index (χ1) is 7.76. The van der Waals surface area contributed by atoms with E-state index in [1.807, 2.05) is 13.1 Å². The number of ether oxygens (including phenoxy) is 2. The first kappa shape index (κ1) is 11.7. The lowest BCUT2D eigenvalue weighted by Crippen LogP contribution is -2.15. The third-order valence-corrected chi connectivity index (χ3v) is 3.20. The van der Waals surface area contributed by atoms with E-state index >= 15 is 0 Å². The number of pyridine rings is 1. The summed E-state index contributed by atoms with van der Waals surface area (Å²) in [5.41, 5.74) is 3.17. The molecule has 0 saturated carbocycles. The van der Waals surface area contributed by atoms with E-state index in [1.165, 1.54) is 5.56 Å². The lowest BCUT2D eigenvalue weighted by molar-refractivity contribution is 0.138. The van der Waals surface area contributed by atoms with Crippen LogP contribution in [0.25, 0.3) is 0 Å². The summed E-state index contributed by atoms with van der Waals surface area (Å²) < 4.78 is 11.0. The van der Waals surface area contributed by atoms with Crippen LogP contribution >= 0.6 is 11.6 Å². The lowest BCUT2D eigenvalue weighted by atomic mass is 10.1. The average molecular weight is 242 g/mol. The van der Waals surface area contributed by atoms with Crippen molar-refractivity contribution in [1.29, 1.82) is 0 Å². The zero-order valence-corrected chi connectivity index (χ0v) is 10.4. The van der Waals surface area contributed by atoms with Crippen LogP contribution in [0.5, 0.6) is 5.75 Å². The Balaban J connectivity index is 2.14. The van der Waals surface area contributed by atoms with Gasteiger partial charge in [-0.2, -0.15) is 0 Å². The molecule has 0 radical (unpaired) electrons. The zero-order chi connectivity index (χ0) is 11.5. The number of hydrogen-bond acceptors (Lipinski definition) is 3. The highest BCUT2D eigenvalue weighted by atomic mass is 35.5. The van der Waals surface area contributed by atoms with Crippen LogP contribution in [-0.4, -0.2) is 24.8 Å². The molecule has 0 aromatic carbocycles. The summed E-state index contributed by atoms with van der Waals surface area (Å²) in [5, 5.41) is 0. The third kappa shape index (κ3) is 2.15. The van der Waals surface area contributed by atoms with Gasteiger partial charge in [-0.15, -0.1) is 11.6 Å². The maximum atomic E-state index is 5.90. The molecule has 4 heteroatoms. The molecule has 0 amide bonds. The van der Waals surface area contributed by atoms with Gasteiger partial charge >= 0.3 is 0 Å². The van der Waals surface area contributed by atoms with Crippen LogP contribution in [0.4, 0.5) is 0 Å². The van der Waals surface area contributed by atoms with Crippen molar-refractivity contribution < 1.29 is 9.47 Å². The molecule has 2 rings (SSSR count). The van der Waals surface area contributed by atoms with Crippen LogP contribution in [-0.2, 0) is 17.0 Å². The van der Waals surface area contributed by atoms with Crippen molar-refractivity contribution in [2.24, 2.45) is 0 Å². The molecular formula is C12H16ClNO2. The van der Waals surface area contributed by atoms with Crippen molar-refractivity contribution in [3.63, 3.8) is 0 Å². The molecule has 2 heterocycles. The maximum Gasteiger partial charge on any atom is 0.129 e. The topological polar surface area (TPSA) is 31.4 Å². The fraction of sp³-hybridized carbons (Fsp3) is 0.583. The molecule has 0 fully saturated rings. The van der Waals surface area contributed by atoms with Gasteiger partial charge in [0.2, 0.25) is 0 Å². The molecule has 16 heavy (non-hydrogen) atoms. The van der Waals surface area contributed by atoms with Crippen LogP contribution in [0.2, 0.25) is 0 Å². The van der Waals surface area contributed by atoms with E-state index < -0.39 is 0 Å². The van der Waals surface area contributed by atoms with E-state index in [1.54, 1.807) is 7.11 Å². The Morgan fingerprint density at radius 2 is 2.44 bits per heavy atom. The number of methoxy groups -OCH3 is 1. The number of nitrogens with zero attached hydrogens (tertiary/aromatic N) is 1. The van der Waals surface area contributed by atoms with Gasteiger partial charge in [-0.3, -0.25) is 4.98 Å². The Morgan fingerprint density at radius 1 is 1.62 bits per heavy atom. The molecule has 3 nitrogen and oxygen atoms in total. The van der Waals surface area contributed by atoms with Gasteiger partial charge in [0, 0.05) is 43.9 Å². The molecule has 1 atom stereocenters. The first-order valence-corrected chi connectivity index (χ1v) is 5.98. The second-order valence-electron chi connectivity index (χ2n) is 4.04. The second-order valence-corrected chi connectivity index (χ2v) is 4.31. The normalized spacial score (nSPS) is 18.3. The highest BCUT2D eigenvalue weighted by Gasteiger charge is 2.25. The molecular weight excluding hydrogens is 226 g/mol. The fourth-order valence-corrected chi connectivity index (χ4v) is 2.26. The summed E-state index contributed by atoms with van der Waals surface area (Å²) in [4.78, 5) is 4.34. The highest BCUT2D eigenvalue weighted by Crippen LogP contribution is 2.34. The molecule has 1 aromatic heterocycles. The Morgan fingerprint density at radius 3 is 3.12 bits per heavy atom. The number of alkyl halides is 1. The minimum absolute atomic E-state index is 0.223. The van der Waals surface area contributed by atoms with Gasteiger partial charge in [-0.05, 0) is 6.92 Å². The quantitative estimate of drug-likeness (QED) is 0.759. The van der Waals surface area contributed by atoms with Gasteiger partial charge in [0.25, 0.3) is 0 Å². The number of rotatable bonds is 4. The number of hydrogen-bond donors (Lipinski definition) is 0. The molecule has 0 saturated heterocycles. The Hall–Kier alpha value is -0.800. The van der Waals surface area contributed by atoms with Crippen molar-refractivity contribution in [3.05, 3.63) is 23.0 Å². The Kier molecular flexibility index (Phi) is 3.66. The van der Waals surface area contributed by atoms with Gasteiger partial charge in [-0.1, -0.05) is 0 Å². The molecule has 1 aromatic rings. The molecule has 1 unspecified atom stereocenters. The smallest absolute Gasteiger partial charge is 0.129 e. The molecule has 1 aliphatic heterocycles. The summed E-state index contributed by atoms with van der Waals surface area (Å²) in [7, 11) is 1.71. The van der Waals surface area contributed by atoms with Crippen molar-refractivity contribution in [3.8, 4) is 5.75 Å². The highest BCUT2D eigenvalue weighted by molar-refractivity contribution is 6.17. The molecule has 0 spiro atoms. The zero-order valence-electron chi connectivity index (χ0n) is 9.62. The van der Waals surface area contributed by atoms with E-state index in [0.29, 0.717) is 5.88 Å². The molecule has 0 N–H and O–H groups in total. The first-order valence-electron chi connectivity index (χ1n) is 5.45. The monoisotopic (exact) mass is 241 g/mol. The van der Waals surface area contributed by atoms with Crippen molar-refractivity contribution in [2.45, 2.75) is 31.7 Å². The predicted octanol–water partition coefficient (Wildman–Crippen LogP) is 2.47. The molecule has 88 valence electrons. The van der Waals surface area contributed by atoms with Crippen molar-refractivity contribution in [2.75, 3.05) is 13.7 Å². The Bertz CT molecular complexity index is 382. The number of aromatic nitrogens is 1. The van der Waals surface area contributed by atoms with Gasteiger partial charge in [0.05, 0.1) is 11.6 Å². The van der Waals surface area contributed by atoms with E-state index in [9.17, 15) is 0 Å². The van der Waals surface area contributed by atoms with Crippen molar-refractivity contribution in [1.82, 2.24) is 4.98 Å². The van der Waals surface area contributed by atoms with E-state index in [4.69, 9.17) is 21.1 Å². The largest absolute Gasteiger partial charge is 0.489 e. The van der Waals surface area contributed by atoms with E-state index in [2.05, 4.69) is 4.98 Å². The van der Waals surface area contributed by atoms with Crippen molar-refractivity contribution >= 4 is 11.6 Å². The number of halogens is 1. The molecule has 0 aliphatic carbocycles. The van der Waals surface area contributed by atoms with Crippen LogP contribution in [0.15, 0.2) is 6.20 Å². The van der Waals surface area contributed by atoms with Crippen LogP contribution < -0.4 is 4.74 Å². The Labute approximate surface area is 101 Å². The second kappa shape index (κ2) is 5.02. The SMILES string of the molecule is COCCC1Cc2cnc(CCl)c(C)c2O1. The summed E-state index contributed by atoms with van der Waals surface area (Å²) >= 11 is 5.82. The standard InChI is InChI=1S/C12H16ClNO2/c1-8-11(6-13)14-7-9-5-10(3-4-15-2)16-12(8)9/h7,10H,3-6H2,1-2H3. The lowest BCUT2D eigenvalue weighted by Gasteiger charge is -2.11. The minimum Gasteiger partial charge on any atom is -0.489 e. The number of fused-ring (bicyclic) bond motifs is 1. The van der Waals surface area contributed by atoms with E-state index in [0.717, 1.165) is 36.5 Å². The van der Waals surface area contributed by atoms with Crippen LogP contribution in [0.1, 0.15) is 23.2 Å². The van der Waals surface area contributed by atoms with Gasteiger partial charge in [0.1, 0.15) is 11.9 Å². The van der Waals surface area contributed by atoms with Gasteiger partial charge < -0.3 is 9.47 Å². The average Bonchev–Trinajstić information content (AvgIpc) is 2.71. The van der Waals surface area contributed by atoms with Gasteiger partial charge in [0.15, 0.2) is 0 Å².